The maximum absolute atomic E-state index is 12.3. The summed E-state index contributed by atoms with van der Waals surface area (Å²) in [6.07, 6.45) is 6.23. The highest BCUT2D eigenvalue weighted by Crippen LogP contribution is 2.26. The van der Waals surface area contributed by atoms with Gasteiger partial charge in [-0.25, -0.2) is 4.98 Å². The molecule has 2 aromatic heterocycles. The minimum atomic E-state index is -0.106. The number of thiazole rings is 1. The average molecular weight is 361 g/mol. The van der Waals surface area contributed by atoms with Crippen LogP contribution in [0.3, 0.4) is 0 Å². The number of morpholine rings is 1. The summed E-state index contributed by atoms with van der Waals surface area (Å²) in [4.78, 5) is 20.7. The molecule has 4 rings (SSSR count). The second-order valence-electron chi connectivity index (χ2n) is 6.56. The molecule has 1 aliphatic carbocycles. The van der Waals surface area contributed by atoms with Gasteiger partial charge in [-0.05, 0) is 31.7 Å². The average Bonchev–Trinajstić information content (AvgIpc) is 3.27. The molecule has 2 aliphatic rings. The molecule has 1 aliphatic heterocycles. The Hall–Kier alpha value is -1.70. The third-order valence-corrected chi connectivity index (χ3v) is 5.85. The van der Waals surface area contributed by atoms with Crippen LogP contribution >= 0.6 is 11.3 Å². The fourth-order valence-corrected chi connectivity index (χ4v) is 4.40. The second-order valence-corrected chi connectivity index (χ2v) is 7.73. The van der Waals surface area contributed by atoms with E-state index in [-0.39, 0.29) is 5.91 Å². The smallest absolute Gasteiger partial charge is 0.254 e. The SMILES string of the molecule is O=C(NCc1nc2c(s1)CCCC2)c1coc(CN2CCOCC2)c1. The monoisotopic (exact) mass is 361 g/mol. The molecule has 134 valence electrons. The van der Waals surface area contributed by atoms with Crippen LogP contribution in [0.15, 0.2) is 16.7 Å². The topological polar surface area (TPSA) is 67.6 Å². The number of aryl methyl sites for hydroxylation is 2. The normalized spacial score (nSPS) is 18.1. The first-order chi connectivity index (χ1) is 12.3. The maximum Gasteiger partial charge on any atom is 0.254 e. The van der Waals surface area contributed by atoms with Crippen LogP contribution < -0.4 is 5.32 Å². The Balaban J connectivity index is 1.31. The molecular weight excluding hydrogens is 338 g/mol. The number of furan rings is 1. The van der Waals surface area contributed by atoms with Crippen LogP contribution in [-0.2, 0) is 30.7 Å². The van der Waals surface area contributed by atoms with Crippen LogP contribution in [-0.4, -0.2) is 42.1 Å². The number of carbonyl (C=O) groups is 1. The lowest BCUT2D eigenvalue weighted by Crippen LogP contribution is -2.35. The van der Waals surface area contributed by atoms with Crippen molar-refractivity contribution in [3.8, 4) is 0 Å². The number of hydrogen-bond acceptors (Lipinski definition) is 6. The lowest BCUT2D eigenvalue weighted by Gasteiger charge is -2.25. The standard InChI is InChI=1S/C18H23N3O3S/c22-18(19-10-17-20-15-3-1-2-4-16(15)25-17)13-9-14(24-12-13)11-21-5-7-23-8-6-21/h9,12H,1-8,10-11H2,(H,19,22). The molecule has 1 fully saturated rings. The zero-order chi connectivity index (χ0) is 17.1. The predicted molar refractivity (Wildman–Crippen MR) is 94.7 cm³/mol. The molecule has 7 heteroatoms. The van der Waals surface area contributed by atoms with Gasteiger partial charge in [0.25, 0.3) is 5.91 Å². The molecule has 0 aromatic carbocycles. The summed E-state index contributed by atoms with van der Waals surface area (Å²) in [6, 6.07) is 1.83. The lowest BCUT2D eigenvalue weighted by atomic mass is 10.0. The van der Waals surface area contributed by atoms with E-state index in [9.17, 15) is 4.79 Å². The van der Waals surface area contributed by atoms with E-state index in [1.54, 1.807) is 11.3 Å². The molecule has 1 N–H and O–H groups in total. The van der Waals surface area contributed by atoms with Gasteiger partial charge in [-0.3, -0.25) is 9.69 Å². The minimum absolute atomic E-state index is 0.106. The predicted octanol–water partition coefficient (Wildman–Crippen LogP) is 2.38. The van der Waals surface area contributed by atoms with Gasteiger partial charge in [-0.15, -0.1) is 11.3 Å². The summed E-state index contributed by atoms with van der Waals surface area (Å²) >= 11 is 1.73. The van der Waals surface area contributed by atoms with Gasteiger partial charge >= 0.3 is 0 Å². The molecule has 0 radical (unpaired) electrons. The molecule has 3 heterocycles. The van der Waals surface area contributed by atoms with Crippen molar-refractivity contribution in [3.05, 3.63) is 39.2 Å². The number of amides is 1. The largest absolute Gasteiger partial charge is 0.467 e. The number of fused-ring (bicyclic) bond motifs is 1. The number of nitrogens with zero attached hydrogens (tertiary/aromatic N) is 2. The van der Waals surface area contributed by atoms with Gasteiger partial charge in [0.05, 0.1) is 37.6 Å². The molecule has 25 heavy (non-hydrogen) atoms. The Kier molecular flexibility index (Phi) is 5.14. The number of carbonyl (C=O) groups excluding carboxylic acids is 1. The van der Waals surface area contributed by atoms with Gasteiger partial charge in [0.15, 0.2) is 0 Å². The quantitative estimate of drug-likeness (QED) is 0.886. The van der Waals surface area contributed by atoms with E-state index in [0.29, 0.717) is 12.1 Å². The summed E-state index contributed by atoms with van der Waals surface area (Å²) in [6.45, 7) is 4.52. The molecule has 0 atom stereocenters. The fourth-order valence-electron chi connectivity index (χ4n) is 3.30. The highest BCUT2D eigenvalue weighted by molar-refractivity contribution is 7.11. The van der Waals surface area contributed by atoms with Gasteiger partial charge in [0, 0.05) is 18.0 Å². The number of hydrogen-bond donors (Lipinski definition) is 1. The van der Waals surface area contributed by atoms with E-state index >= 15 is 0 Å². The third-order valence-electron chi connectivity index (χ3n) is 4.69. The van der Waals surface area contributed by atoms with Crippen molar-refractivity contribution in [2.75, 3.05) is 26.3 Å². The first-order valence-electron chi connectivity index (χ1n) is 8.91. The molecule has 1 saturated heterocycles. The third kappa shape index (κ3) is 4.11. The zero-order valence-corrected chi connectivity index (χ0v) is 15.1. The maximum atomic E-state index is 12.3. The molecular formula is C18H23N3O3S. The first-order valence-corrected chi connectivity index (χ1v) is 9.73. The van der Waals surface area contributed by atoms with Crippen molar-refractivity contribution in [1.82, 2.24) is 15.2 Å². The Morgan fingerprint density at radius 1 is 1.28 bits per heavy atom. The summed E-state index contributed by atoms with van der Waals surface area (Å²) in [7, 11) is 0. The van der Waals surface area contributed by atoms with Crippen molar-refractivity contribution in [3.63, 3.8) is 0 Å². The van der Waals surface area contributed by atoms with E-state index in [1.165, 1.54) is 29.7 Å². The molecule has 0 saturated carbocycles. The fraction of sp³-hybridized carbons (Fsp3) is 0.556. The van der Waals surface area contributed by atoms with Crippen LogP contribution in [0.25, 0.3) is 0 Å². The second kappa shape index (κ2) is 7.68. The lowest BCUT2D eigenvalue weighted by molar-refractivity contribution is 0.0313. The molecule has 6 nitrogen and oxygen atoms in total. The van der Waals surface area contributed by atoms with Crippen LogP contribution in [0, 0.1) is 0 Å². The summed E-state index contributed by atoms with van der Waals surface area (Å²) in [5.74, 6) is 0.710. The summed E-state index contributed by atoms with van der Waals surface area (Å²) < 4.78 is 10.9. The van der Waals surface area contributed by atoms with Crippen LogP contribution in [0.1, 0.15) is 44.5 Å². The first kappa shape index (κ1) is 16.8. The van der Waals surface area contributed by atoms with Crippen molar-refractivity contribution in [2.45, 2.75) is 38.8 Å². The van der Waals surface area contributed by atoms with Gasteiger partial charge in [-0.2, -0.15) is 0 Å². The number of ether oxygens (including phenoxy) is 1. The van der Waals surface area contributed by atoms with Gasteiger partial charge in [0.2, 0.25) is 0 Å². The number of nitrogens with one attached hydrogen (secondary N) is 1. The Morgan fingerprint density at radius 2 is 2.12 bits per heavy atom. The molecule has 0 bridgehead atoms. The van der Waals surface area contributed by atoms with E-state index < -0.39 is 0 Å². The summed E-state index contributed by atoms with van der Waals surface area (Å²) in [5, 5.41) is 3.95. The molecule has 0 spiro atoms. The summed E-state index contributed by atoms with van der Waals surface area (Å²) in [5.41, 5.74) is 1.81. The van der Waals surface area contributed by atoms with Crippen LogP contribution in [0.4, 0.5) is 0 Å². The highest BCUT2D eigenvalue weighted by atomic mass is 32.1. The van der Waals surface area contributed by atoms with Gasteiger partial charge in [0.1, 0.15) is 17.0 Å². The van der Waals surface area contributed by atoms with E-state index in [4.69, 9.17) is 9.15 Å². The van der Waals surface area contributed by atoms with Crippen LogP contribution in [0.5, 0.6) is 0 Å². The highest BCUT2D eigenvalue weighted by Gasteiger charge is 2.17. The van der Waals surface area contributed by atoms with Crippen molar-refractivity contribution < 1.29 is 13.9 Å². The van der Waals surface area contributed by atoms with E-state index in [2.05, 4.69) is 15.2 Å². The van der Waals surface area contributed by atoms with Crippen molar-refractivity contribution in [2.24, 2.45) is 0 Å². The van der Waals surface area contributed by atoms with Crippen molar-refractivity contribution >= 4 is 17.2 Å². The number of aromatic nitrogens is 1. The van der Waals surface area contributed by atoms with Gasteiger partial charge in [-0.1, -0.05) is 0 Å². The molecule has 0 unspecified atom stereocenters. The van der Waals surface area contributed by atoms with E-state index in [1.807, 2.05) is 6.07 Å². The Bertz CT molecular complexity index is 710. The Labute approximate surface area is 151 Å². The Morgan fingerprint density at radius 3 is 2.96 bits per heavy atom. The van der Waals surface area contributed by atoms with E-state index in [0.717, 1.165) is 56.5 Å². The van der Waals surface area contributed by atoms with Gasteiger partial charge < -0.3 is 14.5 Å². The van der Waals surface area contributed by atoms with Crippen molar-refractivity contribution in [1.29, 1.82) is 0 Å². The molecule has 2 aromatic rings. The van der Waals surface area contributed by atoms with Crippen LogP contribution in [0.2, 0.25) is 0 Å². The molecule has 1 amide bonds. The minimum Gasteiger partial charge on any atom is -0.467 e. The zero-order valence-electron chi connectivity index (χ0n) is 14.3. The number of rotatable bonds is 5.